The largest absolute Gasteiger partial charge is 0.494 e. The molecule has 3 heterocycles. The highest BCUT2D eigenvalue weighted by Gasteiger charge is 2.42. The summed E-state index contributed by atoms with van der Waals surface area (Å²) in [6.07, 6.45) is 0.839. The third-order valence-electron chi connectivity index (χ3n) is 5.83. The summed E-state index contributed by atoms with van der Waals surface area (Å²) in [5, 5.41) is 2.45. The Bertz CT molecular complexity index is 1120. The van der Waals surface area contributed by atoms with Crippen molar-refractivity contribution in [3.05, 3.63) is 62.1 Å². The SMILES string of the molecule is CCOc1ccc2c(=O)c3c(oc2c1)C(=O)N(CCCN(CC)CC)C3c1cccs1. The van der Waals surface area contributed by atoms with E-state index in [1.807, 2.05) is 24.4 Å². The van der Waals surface area contributed by atoms with Crippen LogP contribution in [-0.4, -0.2) is 48.5 Å². The average Bonchev–Trinajstić information content (AvgIpc) is 3.39. The molecule has 31 heavy (non-hydrogen) atoms. The molecular formula is C24H28N2O4S. The molecule has 164 valence electrons. The lowest BCUT2D eigenvalue weighted by Gasteiger charge is -2.25. The minimum absolute atomic E-state index is 0.141. The lowest BCUT2D eigenvalue weighted by atomic mass is 10.0. The highest BCUT2D eigenvalue weighted by atomic mass is 32.1. The van der Waals surface area contributed by atoms with Gasteiger partial charge in [-0.1, -0.05) is 19.9 Å². The summed E-state index contributed by atoms with van der Waals surface area (Å²) in [7, 11) is 0. The van der Waals surface area contributed by atoms with Crippen molar-refractivity contribution >= 4 is 28.2 Å². The molecule has 1 unspecified atom stereocenters. The molecule has 0 aliphatic carbocycles. The fraction of sp³-hybridized carbons (Fsp3) is 0.417. The van der Waals surface area contributed by atoms with E-state index in [0.29, 0.717) is 35.4 Å². The van der Waals surface area contributed by atoms with Gasteiger partial charge in [0.1, 0.15) is 11.3 Å². The molecule has 1 aliphatic rings. The van der Waals surface area contributed by atoms with Gasteiger partial charge in [0, 0.05) is 17.5 Å². The number of benzene rings is 1. The normalized spacial score (nSPS) is 15.8. The maximum absolute atomic E-state index is 13.5. The summed E-state index contributed by atoms with van der Waals surface area (Å²) < 4.78 is 11.6. The number of carbonyl (C=O) groups is 1. The monoisotopic (exact) mass is 440 g/mol. The first-order valence-electron chi connectivity index (χ1n) is 10.9. The maximum atomic E-state index is 13.5. The first kappa shape index (κ1) is 21.6. The molecule has 3 aromatic rings. The first-order valence-corrected chi connectivity index (χ1v) is 11.8. The van der Waals surface area contributed by atoms with Crippen LogP contribution in [0.4, 0.5) is 0 Å². The number of nitrogens with zero attached hydrogens (tertiary/aromatic N) is 2. The Balaban J connectivity index is 1.75. The predicted octanol–water partition coefficient (Wildman–Crippen LogP) is 4.53. The van der Waals surface area contributed by atoms with E-state index in [-0.39, 0.29) is 17.1 Å². The van der Waals surface area contributed by atoms with Crippen molar-refractivity contribution in [2.45, 2.75) is 33.2 Å². The Kier molecular flexibility index (Phi) is 6.43. The van der Waals surface area contributed by atoms with E-state index in [2.05, 4.69) is 18.7 Å². The molecule has 6 nitrogen and oxygen atoms in total. The average molecular weight is 441 g/mol. The van der Waals surface area contributed by atoms with Crippen molar-refractivity contribution in [1.29, 1.82) is 0 Å². The fourth-order valence-electron chi connectivity index (χ4n) is 4.23. The van der Waals surface area contributed by atoms with Gasteiger partial charge in [0.05, 0.1) is 23.6 Å². The van der Waals surface area contributed by atoms with Crippen molar-refractivity contribution in [2.24, 2.45) is 0 Å². The fourth-order valence-corrected chi connectivity index (χ4v) is 5.08. The van der Waals surface area contributed by atoms with Crippen molar-refractivity contribution in [3.8, 4) is 5.75 Å². The zero-order valence-corrected chi connectivity index (χ0v) is 19.0. The van der Waals surface area contributed by atoms with E-state index in [1.165, 1.54) is 0 Å². The van der Waals surface area contributed by atoms with Crippen LogP contribution < -0.4 is 10.2 Å². The molecule has 1 atom stereocenters. The highest BCUT2D eigenvalue weighted by Crippen LogP contribution is 2.40. The molecule has 0 radical (unpaired) electrons. The zero-order chi connectivity index (χ0) is 22.0. The molecule has 1 amide bonds. The lowest BCUT2D eigenvalue weighted by Crippen LogP contribution is -2.33. The van der Waals surface area contributed by atoms with E-state index in [4.69, 9.17) is 9.15 Å². The van der Waals surface area contributed by atoms with Crippen molar-refractivity contribution in [1.82, 2.24) is 9.80 Å². The van der Waals surface area contributed by atoms with E-state index >= 15 is 0 Å². The van der Waals surface area contributed by atoms with Gasteiger partial charge in [-0.3, -0.25) is 9.59 Å². The molecule has 1 aromatic carbocycles. The van der Waals surface area contributed by atoms with Gasteiger partial charge < -0.3 is 19.0 Å². The molecule has 0 N–H and O–H groups in total. The number of ether oxygens (including phenoxy) is 1. The van der Waals surface area contributed by atoms with Gasteiger partial charge in [0.25, 0.3) is 5.91 Å². The highest BCUT2D eigenvalue weighted by molar-refractivity contribution is 7.10. The van der Waals surface area contributed by atoms with Crippen LogP contribution in [0.3, 0.4) is 0 Å². The molecular weight excluding hydrogens is 412 g/mol. The molecule has 1 aliphatic heterocycles. The molecule has 2 aromatic heterocycles. The van der Waals surface area contributed by atoms with Crippen LogP contribution in [-0.2, 0) is 0 Å². The quantitative estimate of drug-likeness (QED) is 0.489. The minimum Gasteiger partial charge on any atom is -0.494 e. The minimum atomic E-state index is -0.397. The molecule has 0 saturated heterocycles. The van der Waals surface area contributed by atoms with Crippen LogP contribution in [0.15, 0.2) is 44.9 Å². The van der Waals surface area contributed by atoms with Gasteiger partial charge in [-0.15, -0.1) is 11.3 Å². The number of carbonyl (C=O) groups excluding carboxylic acids is 1. The molecule has 0 saturated carbocycles. The van der Waals surface area contributed by atoms with Crippen molar-refractivity contribution in [2.75, 3.05) is 32.8 Å². The zero-order valence-electron chi connectivity index (χ0n) is 18.2. The Morgan fingerprint density at radius 1 is 1.16 bits per heavy atom. The maximum Gasteiger partial charge on any atom is 0.290 e. The predicted molar refractivity (Wildman–Crippen MR) is 123 cm³/mol. The Hall–Kier alpha value is -2.64. The molecule has 0 bridgehead atoms. The first-order chi connectivity index (χ1) is 15.1. The van der Waals surface area contributed by atoms with Gasteiger partial charge in [-0.05, 0) is 56.6 Å². The standard InChI is InChI=1S/C24H28N2O4S/c1-4-25(5-2)12-8-13-26-21(19-9-7-14-31-19)20-22(27)17-11-10-16(29-6-3)15-18(17)30-23(20)24(26)28/h7,9-11,14-15,21H,4-6,8,12-13H2,1-3H3. The Morgan fingerprint density at radius 2 is 1.97 bits per heavy atom. The summed E-state index contributed by atoms with van der Waals surface area (Å²) in [4.78, 5) is 32.0. The van der Waals surface area contributed by atoms with Crippen LogP contribution in [0.25, 0.3) is 11.0 Å². The molecule has 7 heteroatoms. The molecule has 0 spiro atoms. The van der Waals surface area contributed by atoms with Gasteiger partial charge >= 0.3 is 0 Å². The number of amides is 1. The summed E-state index contributed by atoms with van der Waals surface area (Å²) in [6, 6.07) is 8.73. The summed E-state index contributed by atoms with van der Waals surface area (Å²) in [6.45, 7) is 10.1. The third-order valence-corrected chi connectivity index (χ3v) is 6.76. The van der Waals surface area contributed by atoms with Gasteiger partial charge in [0.15, 0.2) is 5.43 Å². The second-order valence-electron chi connectivity index (χ2n) is 7.56. The molecule has 4 rings (SSSR count). The number of hydrogen-bond donors (Lipinski definition) is 0. The van der Waals surface area contributed by atoms with Crippen LogP contribution in [0.1, 0.15) is 54.2 Å². The number of fused-ring (bicyclic) bond motifs is 2. The summed E-state index contributed by atoms with van der Waals surface area (Å²) in [5.41, 5.74) is 0.696. The molecule has 0 fully saturated rings. The van der Waals surface area contributed by atoms with Crippen molar-refractivity contribution in [3.63, 3.8) is 0 Å². The van der Waals surface area contributed by atoms with Crippen LogP contribution in [0.5, 0.6) is 5.75 Å². The Morgan fingerprint density at radius 3 is 2.65 bits per heavy atom. The van der Waals surface area contributed by atoms with E-state index in [1.54, 1.807) is 34.4 Å². The third kappa shape index (κ3) is 4.00. The number of hydrogen-bond acceptors (Lipinski definition) is 6. The topological polar surface area (TPSA) is 63.0 Å². The van der Waals surface area contributed by atoms with Gasteiger partial charge in [0.2, 0.25) is 5.76 Å². The van der Waals surface area contributed by atoms with E-state index < -0.39 is 6.04 Å². The summed E-state index contributed by atoms with van der Waals surface area (Å²) in [5.74, 6) is 0.565. The Labute approximate surface area is 186 Å². The second kappa shape index (κ2) is 9.24. The van der Waals surface area contributed by atoms with Crippen LogP contribution in [0.2, 0.25) is 0 Å². The van der Waals surface area contributed by atoms with Gasteiger partial charge in [-0.2, -0.15) is 0 Å². The number of rotatable bonds is 9. The smallest absolute Gasteiger partial charge is 0.290 e. The van der Waals surface area contributed by atoms with Crippen LogP contribution in [0, 0.1) is 0 Å². The lowest BCUT2D eigenvalue weighted by molar-refractivity contribution is 0.0722. The van der Waals surface area contributed by atoms with E-state index in [0.717, 1.165) is 30.9 Å². The second-order valence-corrected chi connectivity index (χ2v) is 8.54. The van der Waals surface area contributed by atoms with Gasteiger partial charge in [-0.25, -0.2) is 0 Å². The van der Waals surface area contributed by atoms with E-state index in [9.17, 15) is 9.59 Å². The van der Waals surface area contributed by atoms with Crippen LogP contribution >= 0.6 is 11.3 Å². The summed E-state index contributed by atoms with van der Waals surface area (Å²) >= 11 is 1.56. The number of thiophene rings is 1. The van der Waals surface area contributed by atoms with Crippen molar-refractivity contribution < 1.29 is 13.9 Å².